The van der Waals surface area contributed by atoms with Crippen molar-refractivity contribution in [1.29, 1.82) is 0 Å². The van der Waals surface area contributed by atoms with Crippen LogP contribution >= 0.6 is 0 Å². The van der Waals surface area contributed by atoms with Gasteiger partial charge in [0.15, 0.2) is 17.4 Å². The average Bonchev–Trinajstić information content (AvgIpc) is 2.47. The second-order valence-electron chi connectivity index (χ2n) is 4.38. The molecule has 0 fully saturated rings. The lowest BCUT2D eigenvalue weighted by atomic mass is 10.1. The fourth-order valence-electron chi connectivity index (χ4n) is 1.83. The molecule has 0 heterocycles. The molecule has 0 aliphatic rings. The molecule has 2 rings (SSSR count). The average molecular weight is 287 g/mol. The fourth-order valence-corrected chi connectivity index (χ4v) is 1.83. The standard InChI is InChI=1S/C17H15F2NO/c18-15-11-14(8-9-20)12-16(19)17(15)21-10-4-7-13-5-2-1-3-6-13/h1-3,5-6,11-12H,8-10,20H2. The summed E-state index contributed by atoms with van der Waals surface area (Å²) in [5.41, 5.74) is 6.69. The second-order valence-corrected chi connectivity index (χ2v) is 4.38. The number of nitrogens with two attached hydrogens (primary N) is 1. The molecular formula is C17H15F2NO. The molecule has 0 bridgehead atoms. The van der Waals surface area contributed by atoms with Crippen molar-refractivity contribution >= 4 is 0 Å². The Morgan fingerprint density at radius 2 is 1.71 bits per heavy atom. The smallest absolute Gasteiger partial charge is 0.192 e. The first-order valence-electron chi connectivity index (χ1n) is 6.55. The highest BCUT2D eigenvalue weighted by Crippen LogP contribution is 2.23. The minimum Gasteiger partial charge on any atom is -0.475 e. The summed E-state index contributed by atoms with van der Waals surface area (Å²) in [6.45, 7) is 0.251. The summed E-state index contributed by atoms with van der Waals surface area (Å²) >= 11 is 0. The van der Waals surface area contributed by atoms with Gasteiger partial charge in [-0.1, -0.05) is 30.0 Å². The second kappa shape index (κ2) is 7.41. The van der Waals surface area contributed by atoms with E-state index < -0.39 is 17.4 Å². The molecule has 0 aliphatic carbocycles. The molecule has 0 saturated heterocycles. The molecule has 2 aromatic rings. The number of halogens is 2. The first kappa shape index (κ1) is 15.0. The van der Waals surface area contributed by atoms with Crippen LogP contribution in [0.3, 0.4) is 0 Å². The van der Waals surface area contributed by atoms with Crippen molar-refractivity contribution in [2.45, 2.75) is 6.42 Å². The molecule has 2 N–H and O–H groups in total. The maximum atomic E-state index is 13.7. The summed E-state index contributed by atoms with van der Waals surface area (Å²) in [6, 6.07) is 11.8. The summed E-state index contributed by atoms with van der Waals surface area (Å²) in [5.74, 6) is 3.69. The molecular weight excluding hydrogens is 272 g/mol. The van der Waals surface area contributed by atoms with Gasteiger partial charge in [0.25, 0.3) is 0 Å². The van der Waals surface area contributed by atoms with Crippen molar-refractivity contribution in [2.24, 2.45) is 5.73 Å². The minimum absolute atomic E-state index is 0.0844. The normalized spacial score (nSPS) is 9.86. The lowest BCUT2D eigenvalue weighted by Gasteiger charge is -2.07. The Bertz CT molecular complexity index is 636. The first-order chi connectivity index (χ1) is 10.2. The van der Waals surface area contributed by atoms with E-state index in [0.29, 0.717) is 18.5 Å². The van der Waals surface area contributed by atoms with Gasteiger partial charge >= 0.3 is 0 Å². The van der Waals surface area contributed by atoms with Crippen LogP contribution in [0.15, 0.2) is 42.5 Å². The highest BCUT2D eigenvalue weighted by atomic mass is 19.1. The largest absolute Gasteiger partial charge is 0.475 e. The van der Waals surface area contributed by atoms with Crippen LogP contribution in [0.5, 0.6) is 5.75 Å². The summed E-state index contributed by atoms with van der Waals surface area (Å²) in [5, 5.41) is 0. The molecule has 2 nitrogen and oxygen atoms in total. The number of benzene rings is 2. The van der Waals surface area contributed by atoms with Crippen molar-refractivity contribution in [1.82, 2.24) is 0 Å². The maximum absolute atomic E-state index is 13.7. The molecule has 0 aromatic heterocycles. The predicted molar refractivity (Wildman–Crippen MR) is 77.9 cm³/mol. The van der Waals surface area contributed by atoms with Crippen LogP contribution in [0.2, 0.25) is 0 Å². The molecule has 0 aliphatic heterocycles. The number of hydrogen-bond donors (Lipinski definition) is 1. The van der Waals surface area contributed by atoms with E-state index in [-0.39, 0.29) is 6.61 Å². The van der Waals surface area contributed by atoms with Crippen LogP contribution in [0.25, 0.3) is 0 Å². The Hall–Kier alpha value is -2.38. The molecule has 4 heteroatoms. The first-order valence-corrected chi connectivity index (χ1v) is 6.55. The van der Waals surface area contributed by atoms with Crippen molar-refractivity contribution in [3.63, 3.8) is 0 Å². The van der Waals surface area contributed by atoms with E-state index >= 15 is 0 Å². The van der Waals surface area contributed by atoms with E-state index in [9.17, 15) is 8.78 Å². The molecule has 21 heavy (non-hydrogen) atoms. The molecule has 2 aromatic carbocycles. The molecule has 0 radical (unpaired) electrons. The van der Waals surface area contributed by atoms with E-state index in [0.717, 1.165) is 5.56 Å². The van der Waals surface area contributed by atoms with Crippen LogP contribution < -0.4 is 10.5 Å². The summed E-state index contributed by atoms with van der Waals surface area (Å²) in [6.07, 6.45) is 0.419. The van der Waals surface area contributed by atoms with Gasteiger partial charge in [-0.05, 0) is 42.8 Å². The summed E-state index contributed by atoms with van der Waals surface area (Å²) < 4.78 is 32.5. The van der Waals surface area contributed by atoms with Gasteiger partial charge in [-0.3, -0.25) is 0 Å². The van der Waals surface area contributed by atoms with E-state index in [2.05, 4.69) is 11.8 Å². The quantitative estimate of drug-likeness (QED) is 0.878. The number of hydrogen-bond acceptors (Lipinski definition) is 2. The zero-order chi connectivity index (χ0) is 15.1. The van der Waals surface area contributed by atoms with Gasteiger partial charge in [-0.25, -0.2) is 8.78 Å². The third-order valence-corrected chi connectivity index (χ3v) is 2.79. The van der Waals surface area contributed by atoms with Crippen LogP contribution in [0.4, 0.5) is 8.78 Å². The summed E-state index contributed by atoms with van der Waals surface area (Å²) in [7, 11) is 0. The zero-order valence-corrected chi connectivity index (χ0v) is 11.4. The molecule has 0 spiro atoms. The molecule has 0 atom stereocenters. The van der Waals surface area contributed by atoms with Crippen molar-refractivity contribution < 1.29 is 13.5 Å². The highest BCUT2D eigenvalue weighted by Gasteiger charge is 2.11. The van der Waals surface area contributed by atoms with Gasteiger partial charge in [0.1, 0.15) is 6.61 Å². The number of rotatable bonds is 4. The van der Waals surface area contributed by atoms with Gasteiger partial charge in [0.2, 0.25) is 0 Å². The Morgan fingerprint density at radius 3 is 2.33 bits per heavy atom. The van der Waals surface area contributed by atoms with Crippen LogP contribution in [-0.4, -0.2) is 13.2 Å². The predicted octanol–water partition coefficient (Wildman–Crippen LogP) is 2.90. The number of ether oxygens (including phenoxy) is 1. The lowest BCUT2D eigenvalue weighted by molar-refractivity contribution is 0.326. The highest BCUT2D eigenvalue weighted by molar-refractivity contribution is 5.35. The van der Waals surface area contributed by atoms with Crippen molar-refractivity contribution in [2.75, 3.05) is 13.2 Å². The van der Waals surface area contributed by atoms with Gasteiger partial charge in [0.05, 0.1) is 0 Å². The van der Waals surface area contributed by atoms with Gasteiger partial charge in [-0.15, -0.1) is 0 Å². The topological polar surface area (TPSA) is 35.2 Å². The van der Waals surface area contributed by atoms with Gasteiger partial charge < -0.3 is 10.5 Å². The Balaban J connectivity index is 2.02. The Morgan fingerprint density at radius 1 is 1.05 bits per heavy atom. The molecule has 108 valence electrons. The SMILES string of the molecule is NCCc1cc(F)c(OCC#Cc2ccccc2)c(F)c1. The Labute approximate surface area is 122 Å². The van der Waals surface area contributed by atoms with Gasteiger partial charge in [-0.2, -0.15) is 0 Å². The van der Waals surface area contributed by atoms with E-state index in [1.807, 2.05) is 30.3 Å². The third kappa shape index (κ3) is 4.30. The summed E-state index contributed by atoms with van der Waals surface area (Å²) in [4.78, 5) is 0. The maximum Gasteiger partial charge on any atom is 0.192 e. The minimum atomic E-state index is -0.736. The fraction of sp³-hybridized carbons (Fsp3) is 0.176. The zero-order valence-electron chi connectivity index (χ0n) is 11.4. The van der Waals surface area contributed by atoms with E-state index in [1.54, 1.807) is 0 Å². The third-order valence-electron chi connectivity index (χ3n) is 2.79. The van der Waals surface area contributed by atoms with Crippen molar-refractivity contribution in [3.8, 4) is 17.6 Å². The molecule has 0 amide bonds. The molecule has 0 saturated carbocycles. The van der Waals surface area contributed by atoms with Crippen LogP contribution in [0.1, 0.15) is 11.1 Å². The molecule has 0 unspecified atom stereocenters. The van der Waals surface area contributed by atoms with Crippen LogP contribution in [0, 0.1) is 23.5 Å². The van der Waals surface area contributed by atoms with Crippen molar-refractivity contribution in [3.05, 3.63) is 65.2 Å². The van der Waals surface area contributed by atoms with Crippen LogP contribution in [-0.2, 0) is 6.42 Å². The lowest BCUT2D eigenvalue weighted by Crippen LogP contribution is -2.05. The van der Waals surface area contributed by atoms with E-state index in [1.165, 1.54) is 12.1 Å². The van der Waals surface area contributed by atoms with E-state index in [4.69, 9.17) is 10.5 Å². The Kier molecular flexibility index (Phi) is 5.30. The monoisotopic (exact) mass is 287 g/mol. The van der Waals surface area contributed by atoms with Gasteiger partial charge in [0, 0.05) is 5.56 Å².